The summed E-state index contributed by atoms with van der Waals surface area (Å²) in [6, 6.07) is 4.15. The van der Waals surface area contributed by atoms with Crippen LogP contribution in [0.4, 0.5) is 0 Å². The van der Waals surface area contributed by atoms with Crippen molar-refractivity contribution in [3.63, 3.8) is 0 Å². The fourth-order valence-electron chi connectivity index (χ4n) is 3.54. The quantitative estimate of drug-likeness (QED) is 0.761. The number of carbonyl (C=O) groups is 1. The molecule has 2 heterocycles. The molecular formula is C15H20N2O. The largest absolute Gasteiger partial charge is 0.335 e. The van der Waals surface area contributed by atoms with E-state index in [1.165, 1.54) is 32.1 Å². The number of piperidine rings is 1. The van der Waals surface area contributed by atoms with Gasteiger partial charge in [0.1, 0.15) is 0 Å². The second-order valence-electron chi connectivity index (χ2n) is 5.49. The van der Waals surface area contributed by atoms with Crippen LogP contribution in [-0.4, -0.2) is 28.4 Å². The molecule has 1 saturated carbocycles. The summed E-state index contributed by atoms with van der Waals surface area (Å²) in [5.41, 5.74) is 0.788. The highest BCUT2D eigenvalue weighted by atomic mass is 16.2. The van der Waals surface area contributed by atoms with Crippen LogP contribution in [0.25, 0.3) is 0 Å². The lowest BCUT2D eigenvalue weighted by Gasteiger charge is -2.44. The van der Waals surface area contributed by atoms with Gasteiger partial charge < -0.3 is 4.90 Å². The molecule has 2 aliphatic rings. The van der Waals surface area contributed by atoms with Crippen LogP contribution in [0.3, 0.4) is 0 Å². The summed E-state index contributed by atoms with van der Waals surface area (Å²) in [4.78, 5) is 18.7. The normalized spacial score (nSPS) is 27.7. The van der Waals surface area contributed by atoms with Crippen molar-refractivity contribution in [2.45, 2.75) is 44.6 Å². The molecule has 1 aliphatic carbocycles. The molecule has 18 heavy (non-hydrogen) atoms. The lowest BCUT2D eigenvalue weighted by molar-refractivity contribution is 0.0390. The fourth-order valence-corrected chi connectivity index (χ4v) is 3.54. The van der Waals surface area contributed by atoms with E-state index in [2.05, 4.69) is 9.88 Å². The average Bonchev–Trinajstić information content (AvgIpc) is 2.47. The molecule has 1 aromatic rings. The Balaban J connectivity index is 1.80. The van der Waals surface area contributed by atoms with Gasteiger partial charge in [-0.1, -0.05) is 12.8 Å². The molecule has 1 aromatic heterocycles. The Morgan fingerprint density at radius 1 is 1.11 bits per heavy atom. The Morgan fingerprint density at radius 3 is 2.67 bits per heavy atom. The molecule has 1 aliphatic heterocycles. The first-order chi connectivity index (χ1) is 8.86. The van der Waals surface area contributed by atoms with Gasteiger partial charge in [-0.3, -0.25) is 9.78 Å². The van der Waals surface area contributed by atoms with Crippen molar-refractivity contribution in [2.24, 2.45) is 5.92 Å². The van der Waals surface area contributed by atoms with Crippen LogP contribution < -0.4 is 0 Å². The third-order valence-corrected chi connectivity index (χ3v) is 4.43. The zero-order valence-corrected chi connectivity index (χ0v) is 10.7. The van der Waals surface area contributed by atoms with Gasteiger partial charge >= 0.3 is 0 Å². The van der Waals surface area contributed by atoms with Crippen molar-refractivity contribution < 1.29 is 4.79 Å². The maximum Gasteiger partial charge on any atom is 0.254 e. The molecule has 2 unspecified atom stereocenters. The number of pyridine rings is 1. The van der Waals surface area contributed by atoms with Gasteiger partial charge in [0, 0.05) is 30.5 Å². The van der Waals surface area contributed by atoms with Crippen LogP contribution in [-0.2, 0) is 0 Å². The monoisotopic (exact) mass is 244 g/mol. The second-order valence-corrected chi connectivity index (χ2v) is 5.49. The minimum Gasteiger partial charge on any atom is -0.335 e. The van der Waals surface area contributed by atoms with E-state index < -0.39 is 0 Å². The number of rotatable bonds is 1. The number of likely N-dealkylation sites (tertiary alicyclic amines) is 1. The minimum atomic E-state index is 0.203. The highest BCUT2D eigenvalue weighted by Gasteiger charge is 2.35. The van der Waals surface area contributed by atoms with Gasteiger partial charge in [0.05, 0.1) is 0 Å². The highest BCUT2D eigenvalue weighted by Crippen LogP contribution is 2.35. The second kappa shape index (κ2) is 5.09. The molecule has 0 aromatic carbocycles. The van der Waals surface area contributed by atoms with Crippen LogP contribution >= 0.6 is 0 Å². The molecule has 0 bridgehead atoms. The van der Waals surface area contributed by atoms with E-state index in [1.54, 1.807) is 12.4 Å². The maximum atomic E-state index is 12.6. The number of nitrogens with zero attached hydrogens (tertiary/aromatic N) is 2. The van der Waals surface area contributed by atoms with Gasteiger partial charge in [0.15, 0.2) is 0 Å². The Bertz CT molecular complexity index is 416. The standard InChI is InChI=1S/C15H20N2O/c18-15(13-7-9-16-10-8-13)17-11-3-5-12-4-1-2-6-14(12)17/h7-10,12,14H,1-6,11H2. The van der Waals surface area contributed by atoms with Crippen LogP contribution in [0.5, 0.6) is 0 Å². The first-order valence-electron chi connectivity index (χ1n) is 7.07. The Labute approximate surface area is 108 Å². The molecule has 2 atom stereocenters. The van der Waals surface area contributed by atoms with E-state index in [0.29, 0.717) is 6.04 Å². The molecule has 3 nitrogen and oxygen atoms in total. The van der Waals surface area contributed by atoms with Gasteiger partial charge in [-0.05, 0) is 43.7 Å². The van der Waals surface area contributed by atoms with Crippen molar-refractivity contribution in [1.29, 1.82) is 0 Å². The molecule has 0 radical (unpaired) electrons. The fraction of sp³-hybridized carbons (Fsp3) is 0.600. The van der Waals surface area contributed by atoms with E-state index in [-0.39, 0.29) is 5.91 Å². The Hall–Kier alpha value is -1.38. The molecule has 1 amide bonds. The molecular weight excluding hydrogens is 224 g/mol. The third-order valence-electron chi connectivity index (χ3n) is 4.43. The van der Waals surface area contributed by atoms with E-state index in [4.69, 9.17) is 0 Å². The van der Waals surface area contributed by atoms with E-state index in [0.717, 1.165) is 24.4 Å². The average molecular weight is 244 g/mol. The lowest BCUT2D eigenvalue weighted by Crippen LogP contribution is -2.49. The van der Waals surface area contributed by atoms with Crippen molar-refractivity contribution in [3.05, 3.63) is 30.1 Å². The van der Waals surface area contributed by atoms with Crippen molar-refractivity contribution >= 4 is 5.91 Å². The molecule has 1 saturated heterocycles. The molecule has 0 N–H and O–H groups in total. The number of carbonyl (C=O) groups excluding carboxylic acids is 1. The van der Waals surface area contributed by atoms with Crippen LogP contribution in [0.15, 0.2) is 24.5 Å². The number of hydrogen-bond donors (Lipinski definition) is 0. The SMILES string of the molecule is O=C(c1ccncc1)N1CCCC2CCCCC21. The number of amides is 1. The van der Waals surface area contributed by atoms with Crippen LogP contribution in [0.1, 0.15) is 48.9 Å². The summed E-state index contributed by atoms with van der Waals surface area (Å²) in [5, 5.41) is 0. The number of aromatic nitrogens is 1. The van der Waals surface area contributed by atoms with Crippen LogP contribution in [0.2, 0.25) is 0 Å². The first-order valence-corrected chi connectivity index (χ1v) is 7.07. The van der Waals surface area contributed by atoms with Gasteiger partial charge in [-0.15, -0.1) is 0 Å². The van der Waals surface area contributed by atoms with Gasteiger partial charge in [0.2, 0.25) is 0 Å². The predicted molar refractivity (Wildman–Crippen MR) is 70.3 cm³/mol. The summed E-state index contributed by atoms with van der Waals surface area (Å²) >= 11 is 0. The lowest BCUT2D eigenvalue weighted by atomic mass is 9.78. The van der Waals surface area contributed by atoms with Crippen molar-refractivity contribution in [2.75, 3.05) is 6.54 Å². The van der Waals surface area contributed by atoms with E-state index in [9.17, 15) is 4.79 Å². The summed E-state index contributed by atoms with van der Waals surface area (Å²) in [6.45, 7) is 0.933. The number of hydrogen-bond acceptors (Lipinski definition) is 2. The Kier molecular flexibility index (Phi) is 3.31. The molecule has 96 valence electrons. The van der Waals surface area contributed by atoms with E-state index in [1.807, 2.05) is 12.1 Å². The topological polar surface area (TPSA) is 33.2 Å². The summed E-state index contributed by atoms with van der Waals surface area (Å²) in [5.74, 6) is 0.951. The molecule has 2 fully saturated rings. The third kappa shape index (κ3) is 2.14. The zero-order valence-electron chi connectivity index (χ0n) is 10.7. The van der Waals surface area contributed by atoms with Gasteiger partial charge in [-0.25, -0.2) is 0 Å². The van der Waals surface area contributed by atoms with E-state index >= 15 is 0 Å². The minimum absolute atomic E-state index is 0.203. The van der Waals surface area contributed by atoms with Gasteiger partial charge in [-0.2, -0.15) is 0 Å². The van der Waals surface area contributed by atoms with Crippen molar-refractivity contribution in [3.8, 4) is 0 Å². The Morgan fingerprint density at radius 2 is 1.83 bits per heavy atom. The highest BCUT2D eigenvalue weighted by molar-refractivity contribution is 5.94. The predicted octanol–water partition coefficient (Wildman–Crippen LogP) is 2.88. The molecule has 3 rings (SSSR count). The summed E-state index contributed by atoms with van der Waals surface area (Å²) in [6.07, 6.45) is 11.0. The smallest absolute Gasteiger partial charge is 0.254 e. The van der Waals surface area contributed by atoms with Crippen molar-refractivity contribution in [1.82, 2.24) is 9.88 Å². The summed E-state index contributed by atoms with van der Waals surface area (Å²) < 4.78 is 0. The maximum absolute atomic E-state index is 12.6. The zero-order chi connectivity index (χ0) is 12.4. The first kappa shape index (κ1) is 11.7. The molecule has 0 spiro atoms. The van der Waals surface area contributed by atoms with Crippen LogP contribution in [0, 0.1) is 5.92 Å². The number of fused-ring (bicyclic) bond motifs is 1. The molecule has 3 heteroatoms. The summed E-state index contributed by atoms with van der Waals surface area (Å²) in [7, 11) is 0. The van der Waals surface area contributed by atoms with Gasteiger partial charge in [0.25, 0.3) is 5.91 Å².